The average Bonchev–Trinajstić information content (AvgIpc) is 2.27. The van der Waals surface area contributed by atoms with Gasteiger partial charge in [0.25, 0.3) is 0 Å². The quantitative estimate of drug-likeness (QED) is 0.665. The number of fused-ring (bicyclic) bond motifs is 1. The second-order valence-corrected chi connectivity index (χ2v) is 3.28. The molecule has 0 unspecified atom stereocenters. The van der Waals surface area contributed by atoms with E-state index in [-0.39, 0.29) is 0 Å². The van der Waals surface area contributed by atoms with E-state index in [4.69, 9.17) is 0 Å². The second kappa shape index (κ2) is 2.30. The van der Waals surface area contributed by atoms with Crippen LogP contribution in [0.25, 0.3) is 11.0 Å². The summed E-state index contributed by atoms with van der Waals surface area (Å²) in [5, 5.41) is 5.20. The lowest BCUT2D eigenvalue weighted by molar-refractivity contribution is 0.776. The van der Waals surface area contributed by atoms with Crippen LogP contribution in [-0.4, -0.2) is 14.8 Å². The predicted molar refractivity (Wildman–Crippen MR) is 46.2 cm³/mol. The maximum atomic E-state index is 4.14. The number of nitrogens with zero attached hydrogens (tertiary/aromatic N) is 3. The molecule has 2 aromatic heterocycles. The van der Waals surface area contributed by atoms with E-state index in [2.05, 4.69) is 26.0 Å². The third kappa shape index (κ3) is 1.14. The van der Waals surface area contributed by atoms with Crippen molar-refractivity contribution in [1.29, 1.82) is 0 Å². The third-order valence-electron chi connectivity index (χ3n) is 1.44. The molecule has 3 nitrogen and oxygen atoms in total. The predicted octanol–water partition coefficient (Wildman–Crippen LogP) is 1.73. The van der Waals surface area contributed by atoms with Crippen molar-refractivity contribution in [3.8, 4) is 0 Å². The SMILES string of the molecule is Cn1cc2cc(Br)cnc2n1. The van der Waals surface area contributed by atoms with Gasteiger partial charge in [-0.25, -0.2) is 4.98 Å². The number of hydrogen-bond donors (Lipinski definition) is 0. The Balaban J connectivity index is 2.82. The van der Waals surface area contributed by atoms with Gasteiger partial charge in [-0.2, -0.15) is 5.10 Å². The van der Waals surface area contributed by atoms with Gasteiger partial charge in [0.2, 0.25) is 0 Å². The highest BCUT2D eigenvalue weighted by atomic mass is 79.9. The highest BCUT2D eigenvalue weighted by Gasteiger charge is 1.98. The number of aryl methyl sites for hydroxylation is 1. The molecule has 56 valence electrons. The van der Waals surface area contributed by atoms with Gasteiger partial charge in [0.15, 0.2) is 5.65 Å². The van der Waals surface area contributed by atoms with Gasteiger partial charge in [-0.15, -0.1) is 0 Å². The first-order valence-electron chi connectivity index (χ1n) is 3.20. The van der Waals surface area contributed by atoms with E-state index in [0.717, 1.165) is 15.5 Å². The molecule has 4 heteroatoms. The zero-order valence-corrected chi connectivity index (χ0v) is 7.54. The van der Waals surface area contributed by atoms with Crippen molar-refractivity contribution in [3.63, 3.8) is 0 Å². The Morgan fingerprint density at radius 1 is 1.55 bits per heavy atom. The lowest BCUT2D eigenvalue weighted by Gasteiger charge is -1.86. The van der Waals surface area contributed by atoms with Crippen molar-refractivity contribution >= 4 is 27.0 Å². The fourth-order valence-electron chi connectivity index (χ4n) is 1.01. The zero-order chi connectivity index (χ0) is 7.84. The van der Waals surface area contributed by atoms with Crippen LogP contribution in [0.4, 0.5) is 0 Å². The Labute approximate surface area is 72.2 Å². The first kappa shape index (κ1) is 6.79. The minimum absolute atomic E-state index is 0.788. The van der Waals surface area contributed by atoms with Crippen LogP contribution in [0, 0.1) is 0 Å². The molecule has 0 aliphatic carbocycles. The Hall–Kier alpha value is -0.900. The summed E-state index contributed by atoms with van der Waals surface area (Å²) in [5.74, 6) is 0. The number of rotatable bonds is 0. The summed E-state index contributed by atoms with van der Waals surface area (Å²) >= 11 is 3.34. The molecule has 0 saturated heterocycles. The van der Waals surface area contributed by atoms with Crippen LogP contribution in [0.15, 0.2) is 22.9 Å². The summed E-state index contributed by atoms with van der Waals surface area (Å²) in [4.78, 5) is 4.12. The molecule has 11 heavy (non-hydrogen) atoms. The highest BCUT2D eigenvalue weighted by Crippen LogP contribution is 2.14. The summed E-state index contributed by atoms with van der Waals surface area (Å²) in [6.07, 6.45) is 3.68. The topological polar surface area (TPSA) is 30.7 Å². The fraction of sp³-hybridized carbons (Fsp3) is 0.143. The molecule has 0 saturated carbocycles. The molecular formula is C7H6BrN3. The summed E-state index contributed by atoms with van der Waals surface area (Å²) in [7, 11) is 1.88. The summed E-state index contributed by atoms with van der Waals surface area (Å²) in [6, 6.07) is 2.00. The number of hydrogen-bond acceptors (Lipinski definition) is 2. The van der Waals surface area contributed by atoms with Crippen LogP contribution in [-0.2, 0) is 7.05 Å². The van der Waals surface area contributed by atoms with E-state index in [1.807, 2.05) is 19.3 Å². The van der Waals surface area contributed by atoms with Crippen LogP contribution >= 0.6 is 15.9 Å². The van der Waals surface area contributed by atoms with Gasteiger partial charge in [-0.3, -0.25) is 4.68 Å². The second-order valence-electron chi connectivity index (χ2n) is 2.37. The molecular weight excluding hydrogens is 206 g/mol. The first-order valence-corrected chi connectivity index (χ1v) is 4.00. The minimum Gasteiger partial charge on any atom is -0.273 e. The Morgan fingerprint density at radius 2 is 2.36 bits per heavy atom. The van der Waals surface area contributed by atoms with Gasteiger partial charge in [0, 0.05) is 29.3 Å². The largest absolute Gasteiger partial charge is 0.273 e. The maximum Gasteiger partial charge on any atom is 0.181 e. The van der Waals surface area contributed by atoms with Crippen LogP contribution in [0.5, 0.6) is 0 Å². The monoisotopic (exact) mass is 211 g/mol. The third-order valence-corrected chi connectivity index (χ3v) is 1.87. The van der Waals surface area contributed by atoms with Crippen LogP contribution in [0.1, 0.15) is 0 Å². The molecule has 2 aromatic rings. The lowest BCUT2D eigenvalue weighted by Crippen LogP contribution is -1.85. The zero-order valence-electron chi connectivity index (χ0n) is 5.95. The van der Waals surface area contributed by atoms with Gasteiger partial charge >= 0.3 is 0 Å². The lowest BCUT2D eigenvalue weighted by atomic mass is 10.4. The molecule has 0 aliphatic rings. The molecule has 0 amide bonds. The van der Waals surface area contributed by atoms with Crippen molar-refractivity contribution < 1.29 is 0 Å². The van der Waals surface area contributed by atoms with E-state index in [1.54, 1.807) is 10.9 Å². The molecule has 0 spiro atoms. The molecule has 0 aliphatic heterocycles. The summed E-state index contributed by atoms with van der Waals surface area (Å²) < 4.78 is 2.74. The molecule has 2 rings (SSSR count). The molecule has 0 aromatic carbocycles. The molecule has 2 heterocycles. The Morgan fingerprint density at radius 3 is 3.18 bits per heavy atom. The van der Waals surface area contributed by atoms with Crippen LogP contribution in [0.2, 0.25) is 0 Å². The van der Waals surface area contributed by atoms with Crippen molar-refractivity contribution in [1.82, 2.24) is 14.8 Å². The van der Waals surface area contributed by atoms with Crippen LogP contribution < -0.4 is 0 Å². The molecule has 0 fully saturated rings. The molecule has 0 N–H and O–H groups in total. The van der Waals surface area contributed by atoms with E-state index in [1.165, 1.54) is 0 Å². The molecule has 0 atom stereocenters. The molecule has 0 bridgehead atoms. The van der Waals surface area contributed by atoms with Gasteiger partial charge < -0.3 is 0 Å². The average molecular weight is 212 g/mol. The van der Waals surface area contributed by atoms with E-state index in [0.29, 0.717) is 0 Å². The number of halogens is 1. The first-order chi connectivity index (χ1) is 5.25. The Bertz CT molecular complexity index is 393. The maximum absolute atomic E-state index is 4.14. The van der Waals surface area contributed by atoms with Gasteiger partial charge in [0.05, 0.1) is 0 Å². The van der Waals surface area contributed by atoms with E-state index >= 15 is 0 Å². The number of aromatic nitrogens is 3. The van der Waals surface area contributed by atoms with Crippen molar-refractivity contribution in [2.75, 3.05) is 0 Å². The van der Waals surface area contributed by atoms with Crippen LogP contribution in [0.3, 0.4) is 0 Å². The van der Waals surface area contributed by atoms with Crippen molar-refractivity contribution in [2.24, 2.45) is 7.05 Å². The van der Waals surface area contributed by atoms with E-state index in [9.17, 15) is 0 Å². The standard InChI is InChI=1S/C7H6BrN3/c1-11-4-5-2-6(8)3-9-7(5)10-11/h2-4H,1H3. The van der Waals surface area contributed by atoms with Gasteiger partial charge in [-0.1, -0.05) is 0 Å². The van der Waals surface area contributed by atoms with Gasteiger partial charge in [-0.05, 0) is 22.0 Å². The smallest absolute Gasteiger partial charge is 0.181 e. The summed E-state index contributed by atoms with van der Waals surface area (Å²) in [6.45, 7) is 0. The van der Waals surface area contributed by atoms with E-state index < -0.39 is 0 Å². The fourth-order valence-corrected chi connectivity index (χ4v) is 1.35. The summed E-state index contributed by atoms with van der Waals surface area (Å²) in [5.41, 5.74) is 0.788. The normalized spacial score (nSPS) is 10.7. The molecule has 0 radical (unpaired) electrons. The van der Waals surface area contributed by atoms with Crippen molar-refractivity contribution in [2.45, 2.75) is 0 Å². The Kier molecular flexibility index (Phi) is 1.42. The van der Waals surface area contributed by atoms with Gasteiger partial charge in [0.1, 0.15) is 0 Å². The highest BCUT2D eigenvalue weighted by molar-refractivity contribution is 9.10. The van der Waals surface area contributed by atoms with Crippen molar-refractivity contribution in [3.05, 3.63) is 22.9 Å². The number of pyridine rings is 1. The minimum atomic E-state index is 0.788.